The highest BCUT2D eigenvalue weighted by molar-refractivity contribution is 5.62. The van der Waals surface area contributed by atoms with E-state index in [0.717, 1.165) is 6.92 Å². The number of carbonyl (C=O) groups is 1. The molecule has 0 aromatic carbocycles. The molecule has 0 fully saturated rings. The molecule has 9 heavy (non-hydrogen) atoms. The molecule has 0 rings (SSSR count). The van der Waals surface area contributed by atoms with Crippen LogP contribution >= 0.6 is 0 Å². The van der Waals surface area contributed by atoms with E-state index in [4.69, 9.17) is 25.2 Å². The van der Waals surface area contributed by atoms with Gasteiger partial charge in [0.15, 0.2) is 0 Å². The lowest BCUT2D eigenvalue weighted by molar-refractivity contribution is -0.742. The van der Waals surface area contributed by atoms with Crippen LogP contribution in [0.25, 0.3) is 0 Å². The second kappa shape index (κ2) is 9.80. The Morgan fingerprint density at radius 2 is 1.67 bits per heavy atom. The van der Waals surface area contributed by atoms with Crippen LogP contribution in [-0.4, -0.2) is 21.4 Å². The summed E-state index contributed by atoms with van der Waals surface area (Å²) in [5, 5.41) is 21.1. The molecule has 0 bridgehead atoms. The second-order valence-electron chi connectivity index (χ2n) is 0.757. The molecule has 7 heteroatoms. The highest BCUT2D eigenvalue weighted by Crippen LogP contribution is 1.42. The minimum atomic E-state index is -1.50. The Kier molecular flexibility index (Phi) is 17.0. The zero-order valence-electron chi connectivity index (χ0n) is 4.77. The summed E-state index contributed by atoms with van der Waals surface area (Å²) in [7, 11) is 0. The molecule has 0 aliphatic carbocycles. The molecule has 0 atom stereocenters. The molecule has 0 aliphatic heterocycles. The van der Waals surface area contributed by atoms with Gasteiger partial charge in [-0.25, -0.2) is 0 Å². The number of hydrogen-bond donors (Lipinski definition) is 3. The van der Waals surface area contributed by atoms with Crippen LogP contribution < -0.4 is 6.15 Å². The quantitative estimate of drug-likeness (QED) is 0.317. The molecule has 0 unspecified atom stereocenters. The number of aliphatic carboxylic acids is 1. The Hall–Kier alpha value is -1.37. The minimum absolute atomic E-state index is 0. The molecule has 0 aromatic rings. The highest BCUT2D eigenvalue weighted by Gasteiger charge is 1.65. The maximum absolute atomic E-state index is 9.00. The number of carboxylic acids is 1. The van der Waals surface area contributed by atoms with Crippen molar-refractivity contribution < 1.29 is 20.2 Å². The first-order valence-electron chi connectivity index (χ1n) is 1.49. The Balaban J connectivity index is -0.0000000720. The molecular formula is C2H8N2O5. The lowest BCUT2D eigenvalue weighted by atomic mass is 10.9. The molecular weight excluding hydrogens is 132 g/mol. The lowest BCUT2D eigenvalue weighted by Gasteiger charge is -1.59. The number of hydrogen-bond acceptors (Lipinski definition) is 4. The minimum Gasteiger partial charge on any atom is -0.481 e. The predicted molar refractivity (Wildman–Crippen MR) is 27.1 cm³/mol. The van der Waals surface area contributed by atoms with Crippen LogP contribution in [0.4, 0.5) is 0 Å². The summed E-state index contributed by atoms with van der Waals surface area (Å²) in [6, 6.07) is 0. The summed E-state index contributed by atoms with van der Waals surface area (Å²) in [5.41, 5.74) is 0. The molecule has 0 radical (unpaired) electrons. The summed E-state index contributed by atoms with van der Waals surface area (Å²) in [5.74, 6) is -0.833. The van der Waals surface area contributed by atoms with Crippen molar-refractivity contribution in [1.29, 1.82) is 0 Å². The van der Waals surface area contributed by atoms with Gasteiger partial charge in [0.05, 0.1) is 0 Å². The van der Waals surface area contributed by atoms with E-state index in [1.807, 2.05) is 0 Å². The van der Waals surface area contributed by atoms with Gasteiger partial charge < -0.3 is 16.5 Å². The van der Waals surface area contributed by atoms with Crippen LogP contribution in [-0.2, 0) is 4.79 Å². The third kappa shape index (κ3) is 75.7. The molecule has 0 amide bonds. The van der Waals surface area contributed by atoms with E-state index in [9.17, 15) is 0 Å². The number of carboxylic acid groups (broad SMARTS) is 1. The van der Waals surface area contributed by atoms with Crippen molar-refractivity contribution in [3.63, 3.8) is 0 Å². The van der Waals surface area contributed by atoms with Gasteiger partial charge in [0.1, 0.15) is 0 Å². The Morgan fingerprint density at radius 3 is 1.67 bits per heavy atom. The lowest BCUT2D eigenvalue weighted by Crippen LogP contribution is -1.81. The van der Waals surface area contributed by atoms with Crippen LogP contribution in [0, 0.1) is 10.1 Å². The van der Waals surface area contributed by atoms with E-state index in [-0.39, 0.29) is 6.15 Å². The zero-order chi connectivity index (χ0) is 7.15. The SMILES string of the molecule is CC(=O)O.N.O=[N+]([O-])O. The van der Waals surface area contributed by atoms with Crippen molar-refractivity contribution in [2.75, 3.05) is 0 Å². The largest absolute Gasteiger partial charge is 0.481 e. The van der Waals surface area contributed by atoms with E-state index < -0.39 is 11.1 Å². The van der Waals surface area contributed by atoms with Crippen LogP contribution in [0.15, 0.2) is 0 Å². The molecule has 0 saturated carbocycles. The first-order chi connectivity index (χ1) is 3.46. The van der Waals surface area contributed by atoms with E-state index in [1.165, 1.54) is 0 Å². The molecule has 0 spiro atoms. The molecule has 56 valence electrons. The Bertz CT molecular complexity index is 71.0. The van der Waals surface area contributed by atoms with Gasteiger partial charge >= 0.3 is 0 Å². The van der Waals surface area contributed by atoms with Crippen LogP contribution in [0.2, 0.25) is 0 Å². The van der Waals surface area contributed by atoms with Crippen LogP contribution in [0.5, 0.6) is 0 Å². The van der Waals surface area contributed by atoms with Gasteiger partial charge in [0.25, 0.3) is 11.1 Å². The highest BCUT2D eigenvalue weighted by atomic mass is 16.9. The first-order valence-corrected chi connectivity index (χ1v) is 1.49. The summed E-state index contributed by atoms with van der Waals surface area (Å²) in [4.78, 5) is 17.4. The van der Waals surface area contributed by atoms with Gasteiger partial charge in [-0.3, -0.25) is 4.79 Å². The average Bonchev–Trinajstić information content (AvgIpc) is 1.25. The molecule has 0 aliphatic rings. The van der Waals surface area contributed by atoms with Gasteiger partial charge in [-0.2, -0.15) is 0 Å². The fourth-order valence-corrected chi connectivity index (χ4v) is 0. The van der Waals surface area contributed by atoms with E-state index in [1.54, 1.807) is 0 Å². The van der Waals surface area contributed by atoms with E-state index >= 15 is 0 Å². The Labute approximate surface area is 50.6 Å². The smallest absolute Gasteiger partial charge is 0.300 e. The predicted octanol–water partition coefficient (Wildman–Crippen LogP) is -0.0948. The van der Waals surface area contributed by atoms with Gasteiger partial charge in [0.2, 0.25) is 0 Å². The maximum atomic E-state index is 9.00. The summed E-state index contributed by atoms with van der Waals surface area (Å²) in [6.07, 6.45) is 0. The van der Waals surface area contributed by atoms with Crippen molar-refractivity contribution in [3.05, 3.63) is 10.1 Å². The first kappa shape index (κ1) is 15.6. The zero-order valence-corrected chi connectivity index (χ0v) is 4.77. The van der Waals surface area contributed by atoms with Crippen LogP contribution in [0.1, 0.15) is 6.92 Å². The normalized spacial score (nSPS) is 5.44. The number of rotatable bonds is 0. The topological polar surface area (TPSA) is 136 Å². The average molecular weight is 140 g/mol. The summed E-state index contributed by atoms with van der Waals surface area (Å²) in [6.45, 7) is 1.08. The van der Waals surface area contributed by atoms with E-state index in [0.29, 0.717) is 0 Å². The van der Waals surface area contributed by atoms with Crippen molar-refractivity contribution in [2.24, 2.45) is 0 Å². The summed E-state index contributed by atoms with van der Waals surface area (Å²) >= 11 is 0. The van der Waals surface area contributed by atoms with E-state index in [2.05, 4.69) is 0 Å². The maximum Gasteiger partial charge on any atom is 0.300 e. The van der Waals surface area contributed by atoms with Crippen LogP contribution in [0.3, 0.4) is 0 Å². The van der Waals surface area contributed by atoms with Gasteiger partial charge in [-0.05, 0) is 0 Å². The van der Waals surface area contributed by atoms with Gasteiger partial charge in [-0.1, -0.05) is 0 Å². The fourth-order valence-electron chi connectivity index (χ4n) is 0. The molecule has 7 nitrogen and oxygen atoms in total. The third-order valence-electron chi connectivity index (χ3n) is 0. The van der Waals surface area contributed by atoms with Gasteiger partial charge in [-0.15, -0.1) is 10.1 Å². The number of nitrogens with zero attached hydrogens (tertiary/aromatic N) is 1. The standard InChI is InChI=1S/C2H4O2.HNO3.H3N/c1-2(3)4;2-1(3)4;/h1H3,(H,3,4);(H,2,3,4);1H3. The second-order valence-corrected chi connectivity index (χ2v) is 0.757. The van der Waals surface area contributed by atoms with Crippen molar-refractivity contribution in [3.8, 4) is 0 Å². The molecule has 0 saturated heterocycles. The fraction of sp³-hybridized carbons (Fsp3) is 0.500. The molecule has 0 aromatic heterocycles. The summed E-state index contributed by atoms with van der Waals surface area (Å²) < 4.78 is 0. The van der Waals surface area contributed by atoms with Crippen molar-refractivity contribution >= 4 is 5.97 Å². The monoisotopic (exact) mass is 140 g/mol. The Morgan fingerprint density at radius 1 is 1.67 bits per heavy atom. The van der Waals surface area contributed by atoms with Crippen molar-refractivity contribution in [1.82, 2.24) is 6.15 Å². The molecule has 5 N–H and O–H groups in total. The van der Waals surface area contributed by atoms with Crippen molar-refractivity contribution in [2.45, 2.75) is 6.92 Å². The third-order valence-corrected chi connectivity index (χ3v) is 0. The molecule has 0 heterocycles. The van der Waals surface area contributed by atoms with Gasteiger partial charge in [0, 0.05) is 6.92 Å².